The molecule has 1 aromatic carbocycles. The summed E-state index contributed by atoms with van der Waals surface area (Å²) in [5.74, 6) is -1.86. The fraction of sp³-hybridized carbons (Fsp3) is 0.450. The van der Waals surface area contributed by atoms with E-state index in [2.05, 4.69) is 20.9 Å². The van der Waals surface area contributed by atoms with Gasteiger partial charge >= 0.3 is 5.97 Å². The van der Waals surface area contributed by atoms with Crippen LogP contribution in [0.5, 0.6) is 0 Å². The summed E-state index contributed by atoms with van der Waals surface area (Å²) in [7, 11) is 1.28. The van der Waals surface area contributed by atoms with Crippen molar-refractivity contribution in [2.45, 2.75) is 40.0 Å². The van der Waals surface area contributed by atoms with Gasteiger partial charge < -0.3 is 9.84 Å². The summed E-state index contributed by atoms with van der Waals surface area (Å²) in [6.07, 6.45) is 1.32. The standard InChI is InChI=1S/C20H24BrNO4/c1-5-6-15(23)16-14(22-13-9-7-12(21)8-10-13)11-20(2,3)17(18(16)24)19(25)26-4/h7-10,17,24H,5-6,11H2,1-4H3/t17-/m1/s1. The van der Waals surface area contributed by atoms with Crippen LogP contribution in [0.25, 0.3) is 0 Å². The highest BCUT2D eigenvalue weighted by Crippen LogP contribution is 2.43. The van der Waals surface area contributed by atoms with E-state index in [4.69, 9.17) is 4.74 Å². The lowest BCUT2D eigenvalue weighted by molar-refractivity contribution is -0.149. The van der Waals surface area contributed by atoms with E-state index in [9.17, 15) is 14.7 Å². The zero-order valence-corrected chi connectivity index (χ0v) is 17.1. The SMILES string of the molecule is CCCC(=O)C1=C(O)[C@H](C(=O)OC)C(C)(C)CC1=Nc1ccc(Br)cc1. The molecule has 0 aromatic heterocycles. The van der Waals surface area contributed by atoms with Crippen molar-refractivity contribution in [2.75, 3.05) is 7.11 Å². The fourth-order valence-corrected chi connectivity index (χ4v) is 3.52. The van der Waals surface area contributed by atoms with Gasteiger partial charge in [-0.2, -0.15) is 0 Å². The van der Waals surface area contributed by atoms with E-state index in [1.165, 1.54) is 7.11 Å². The van der Waals surface area contributed by atoms with Crippen LogP contribution < -0.4 is 0 Å². The smallest absolute Gasteiger partial charge is 0.316 e. The molecule has 1 aromatic rings. The Bertz CT molecular complexity index is 763. The van der Waals surface area contributed by atoms with Crippen LogP contribution in [-0.4, -0.2) is 29.7 Å². The maximum absolute atomic E-state index is 12.7. The molecule has 0 radical (unpaired) electrons. The minimum Gasteiger partial charge on any atom is -0.511 e. The second kappa shape index (κ2) is 8.16. The Labute approximate surface area is 162 Å². The van der Waals surface area contributed by atoms with Crippen LogP contribution >= 0.6 is 15.9 Å². The number of aliphatic hydroxyl groups excluding tert-OH is 1. The van der Waals surface area contributed by atoms with Crippen molar-refractivity contribution >= 4 is 39.1 Å². The van der Waals surface area contributed by atoms with Gasteiger partial charge in [-0.05, 0) is 42.5 Å². The van der Waals surface area contributed by atoms with E-state index < -0.39 is 17.3 Å². The molecule has 0 unspecified atom stereocenters. The van der Waals surface area contributed by atoms with Crippen molar-refractivity contribution in [3.05, 3.63) is 40.1 Å². The molecule has 6 heteroatoms. The highest BCUT2D eigenvalue weighted by Gasteiger charge is 2.47. The number of esters is 1. The second-order valence-corrected chi connectivity index (χ2v) is 8.01. The van der Waals surface area contributed by atoms with Crippen LogP contribution in [0.15, 0.2) is 45.1 Å². The summed E-state index contributed by atoms with van der Waals surface area (Å²) >= 11 is 3.38. The third-order valence-corrected chi connectivity index (χ3v) is 5.03. The molecule has 140 valence electrons. The molecule has 26 heavy (non-hydrogen) atoms. The van der Waals surface area contributed by atoms with E-state index in [0.29, 0.717) is 24.2 Å². The first-order valence-corrected chi connectivity index (χ1v) is 9.38. The van der Waals surface area contributed by atoms with Gasteiger partial charge in [0, 0.05) is 10.9 Å². The molecule has 1 atom stereocenters. The van der Waals surface area contributed by atoms with Crippen LogP contribution in [0.2, 0.25) is 0 Å². The number of benzene rings is 1. The lowest BCUT2D eigenvalue weighted by atomic mass is 9.67. The number of Topliss-reactive ketones (excluding diaryl/α,β-unsaturated/α-hetero) is 1. The fourth-order valence-electron chi connectivity index (χ4n) is 3.26. The average molecular weight is 422 g/mol. The zero-order chi connectivity index (χ0) is 19.5. The number of aliphatic imine (C=N–C) groups is 1. The first-order valence-electron chi connectivity index (χ1n) is 8.59. The van der Waals surface area contributed by atoms with E-state index in [1.807, 2.05) is 45.0 Å². The first kappa shape index (κ1) is 20.4. The molecule has 1 aliphatic rings. The van der Waals surface area contributed by atoms with Crippen molar-refractivity contribution in [2.24, 2.45) is 16.3 Å². The highest BCUT2D eigenvalue weighted by molar-refractivity contribution is 9.10. The molecule has 0 amide bonds. The number of halogens is 1. The summed E-state index contributed by atoms with van der Waals surface area (Å²) < 4.78 is 5.79. The maximum Gasteiger partial charge on any atom is 0.316 e. The van der Waals surface area contributed by atoms with Crippen molar-refractivity contribution in [1.29, 1.82) is 0 Å². The van der Waals surface area contributed by atoms with Crippen molar-refractivity contribution < 1.29 is 19.4 Å². The Morgan fingerprint density at radius 3 is 2.46 bits per heavy atom. The van der Waals surface area contributed by atoms with E-state index in [-0.39, 0.29) is 23.5 Å². The van der Waals surface area contributed by atoms with Crippen LogP contribution in [-0.2, 0) is 14.3 Å². The zero-order valence-electron chi connectivity index (χ0n) is 15.5. The number of rotatable bonds is 5. The normalized spacial score (nSPS) is 21.0. The second-order valence-electron chi connectivity index (χ2n) is 7.09. The number of ether oxygens (including phenoxy) is 1. The van der Waals surface area contributed by atoms with Gasteiger partial charge in [0.15, 0.2) is 5.78 Å². The van der Waals surface area contributed by atoms with Crippen LogP contribution in [0.1, 0.15) is 40.0 Å². The number of nitrogens with zero attached hydrogens (tertiary/aromatic N) is 1. The third kappa shape index (κ3) is 4.23. The number of ketones is 1. The Morgan fingerprint density at radius 1 is 1.31 bits per heavy atom. The number of aliphatic hydroxyl groups is 1. The van der Waals surface area contributed by atoms with E-state index in [0.717, 1.165) is 4.47 Å². The quantitative estimate of drug-likeness (QED) is 0.684. The Morgan fingerprint density at radius 2 is 1.92 bits per heavy atom. The summed E-state index contributed by atoms with van der Waals surface area (Å²) in [5.41, 5.74) is 0.726. The summed E-state index contributed by atoms with van der Waals surface area (Å²) in [5, 5.41) is 10.8. The Balaban J connectivity index is 2.62. The largest absolute Gasteiger partial charge is 0.511 e. The molecular formula is C20H24BrNO4. The molecule has 5 nitrogen and oxygen atoms in total. The van der Waals surface area contributed by atoms with Crippen LogP contribution in [0.3, 0.4) is 0 Å². The van der Waals surface area contributed by atoms with Crippen molar-refractivity contribution in [3.8, 4) is 0 Å². The van der Waals surface area contributed by atoms with Gasteiger partial charge in [-0.1, -0.05) is 36.7 Å². The topological polar surface area (TPSA) is 76.0 Å². The molecule has 0 aliphatic heterocycles. The molecule has 0 heterocycles. The van der Waals surface area contributed by atoms with Crippen molar-refractivity contribution in [3.63, 3.8) is 0 Å². The lowest BCUT2D eigenvalue weighted by Crippen LogP contribution is -2.41. The third-order valence-electron chi connectivity index (χ3n) is 4.51. The Kier molecular flexibility index (Phi) is 6.39. The van der Waals surface area contributed by atoms with Crippen LogP contribution in [0.4, 0.5) is 5.69 Å². The van der Waals surface area contributed by atoms with E-state index in [1.54, 1.807) is 0 Å². The minimum absolute atomic E-state index is 0.157. The molecule has 0 fully saturated rings. The molecule has 1 aliphatic carbocycles. The number of methoxy groups -OCH3 is 1. The number of carbonyl (C=O) groups is 2. The molecular weight excluding hydrogens is 398 g/mol. The summed E-state index contributed by atoms with van der Waals surface area (Å²) in [6.45, 7) is 5.62. The Hall–Kier alpha value is -1.95. The number of carbonyl (C=O) groups excluding carboxylic acids is 2. The minimum atomic E-state index is -0.882. The van der Waals surface area contributed by atoms with Gasteiger partial charge in [0.1, 0.15) is 11.7 Å². The monoisotopic (exact) mass is 421 g/mol. The van der Waals surface area contributed by atoms with Gasteiger partial charge in [0.05, 0.1) is 24.1 Å². The number of hydrogen-bond donors (Lipinski definition) is 1. The number of hydrogen-bond acceptors (Lipinski definition) is 5. The molecule has 2 rings (SSSR count). The van der Waals surface area contributed by atoms with Gasteiger partial charge in [0.2, 0.25) is 0 Å². The molecule has 0 spiro atoms. The summed E-state index contributed by atoms with van der Waals surface area (Å²) in [6, 6.07) is 7.38. The number of allylic oxidation sites excluding steroid dienone is 1. The maximum atomic E-state index is 12.7. The molecule has 0 saturated heterocycles. The average Bonchev–Trinajstić information content (AvgIpc) is 2.56. The van der Waals surface area contributed by atoms with Crippen molar-refractivity contribution in [1.82, 2.24) is 0 Å². The van der Waals surface area contributed by atoms with Crippen LogP contribution in [0, 0.1) is 11.3 Å². The lowest BCUT2D eigenvalue weighted by Gasteiger charge is -2.37. The van der Waals surface area contributed by atoms with Gasteiger partial charge in [-0.25, -0.2) is 0 Å². The van der Waals surface area contributed by atoms with Gasteiger partial charge in [-0.3, -0.25) is 14.6 Å². The first-order chi connectivity index (χ1) is 12.2. The van der Waals surface area contributed by atoms with E-state index >= 15 is 0 Å². The highest BCUT2D eigenvalue weighted by atomic mass is 79.9. The molecule has 0 bridgehead atoms. The molecule has 1 N–H and O–H groups in total. The predicted octanol–water partition coefficient (Wildman–Crippen LogP) is 4.92. The molecule has 0 saturated carbocycles. The summed E-state index contributed by atoms with van der Waals surface area (Å²) in [4.78, 5) is 29.5. The van der Waals surface area contributed by atoms with Gasteiger partial charge in [0.25, 0.3) is 0 Å². The predicted molar refractivity (Wildman–Crippen MR) is 105 cm³/mol. The van der Waals surface area contributed by atoms with Gasteiger partial charge in [-0.15, -0.1) is 0 Å².